The van der Waals surface area contributed by atoms with Gasteiger partial charge < -0.3 is 23.6 Å². The molecular formula is C25H25ClFN3O4. The predicted octanol–water partition coefficient (Wildman–Crippen LogP) is 5.20. The standard InChI is InChI=1S/C25H25ClFN3O4/c1-15-28-29-25(33-15)24-12-19-22(3-2-4-23(19)34-24)32-14-18(31)13-30-9-7-16(8-10-30)17-5-6-21(27)20(26)11-17/h2-6,11-12,16,18,31H,7-10,13-14H2,1H3/t18-/m0/s1. The van der Waals surface area contributed by atoms with Crippen molar-refractivity contribution in [3.05, 3.63) is 64.8 Å². The molecule has 1 saturated heterocycles. The molecule has 1 fully saturated rings. The number of hydrogen-bond donors (Lipinski definition) is 1. The second-order valence-electron chi connectivity index (χ2n) is 8.62. The van der Waals surface area contributed by atoms with E-state index < -0.39 is 11.9 Å². The molecule has 1 aliphatic heterocycles. The number of rotatable bonds is 7. The number of furan rings is 1. The van der Waals surface area contributed by atoms with Crippen LogP contribution in [0.4, 0.5) is 4.39 Å². The van der Waals surface area contributed by atoms with Crippen LogP contribution in [-0.2, 0) is 0 Å². The number of piperidine rings is 1. The van der Waals surface area contributed by atoms with Gasteiger partial charge in [0, 0.05) is 19.5 Å². The molecule has 1 atom stereocenters. The number of halogens is 2. The molecule has 7 nitrogen and oxygen atoms in total. The number of aliphatic hydroxyl groups is 1. The zero-order valence-corrected chi connectivity index (χ0v) is 19.5. The summed E-state index contributed by atoms with van der Waals surface area (Å²) >= 11 is 5.94. The van der Waals surface area contributed by atoms with Gasteiger partial charge in [-0.2, -0.15) is 0 Å². The molecule has 0 amide bonds. The van der Waals surface area contributed by atoms with Gasteiger partial charge in [0.05, 0.1) is 10.4 Å². The van der Waals surface area contributed by atoms with E-state index in [4.69, 9.17) is 25.2 Å². The van der Waals surface area contributed by atoms with Crippen LogP contribution in [0.25, 0.3) is 22.6 Å². The molecule has 3 heterocycles. The molecule has 4 aromatic rings. The number of likely N-dealkylation sites (tertiary alicyclic amines) is 1. The Morgan fingerprint density at radius 3 is 2.74 bits per heavy atom. The average Bonchev–Trinajstić information content (AvgIpc) is 3.46. The van der Waals surface area contributed by atoms with Crippen LogP contribution >= 0.6 is 11.6 Å². The summed E-state index contributed by atoms with van der Waals surface area (Å²) in [5.41, 5.74) is 1.71. The van der Waals surface area contributed by atoms with E-state index in [1.165, 1.54) is 6.07 Å². The SMILES string of the molecule is Cc1nnc(-c2cc3c(OC[C@@H](O)CN4CCC(c5ccc(F)c(Cl)c5)CC4)cccc3o2)o1. The fourth-order valence-corrected chi connectivity index (χ4v) is 4.60. The van der Waals surface area contributed by atoms with E-state index in [1.54, 1.807) is 19.1 Å². The number of benzene rings is 2. The number of β-amino-alcohol motifs (C(OH)–C–C–N with tert-alkyl or cyclic N) is 1. The van der Waals surface area contributed by atoms with E-state index in [2.05, 4.69) is 15.1 Å². The molecule has 0 bridgehead atoms. The molecule has 0 aliphatic carbocycles. The first-order chi connectivity index (χ1) is 16.5. The minimum Gasteiger partial charge on any atom is -0.490 e. The smallest absolute Gasteiger partial charge is 0.283 e. The van der Waals surface area contributed by atoms with Gasteiger partial charge in [0.1, 0.15) is 29.9 Å². The third-order valence-corrected chi connectivity index (χ3v) is 6.45. The number of nitrogens with zero attached hydrogens (tertiary/aromatic N) is 3. The molecule has 178 valence electrons. The summed E-state index contributed by atoms with van der Waals surface area (Å²) in [6, 6.07) is 12.3. The Bertz CT molecular complexity index is 1280. The third kappa shape index (κ3) is 4.94. The Hall–Kier alpha value is -2.94. The fourth-order valence-electron chi connectivity index (χ4n) is 4.41. The lowest BCUT2D eigenvalue weighted by Crippen LogP contribution is -2.40. The molecule has 0 unspecified atom stereocenters. The van der Waals surface area contributed by atoms with Crippen molar-refractivity contribution in [3.8, 4) is 17.4 Å². The number of ether oxygens (including phenoxy) is 1. The van der Waals surface area contributed by atoms with Crippen LogP contribution in [0, 0.1) is 12.7 Å². The quantitative estimate of drug-likeness (QED) is 0.385. The number of aromatic nitrogens is 2. The maximum Gasteiger partial charge on any atom is 0.283 e. The first-order valence-electron chi connectivity index (χ1n) is 11.3. The molecular weight excluding hydrogens is 461 g/mol. The van der Waals surface area contributed by atoms with Crippen molar-refractivity contribution in [1.82, 2.24) is 15.1 Å². The normalized spacial score (nSPS) is 16.2. The Balaban J connectivity index is 1.16. The van der Waals surface area contributed by atoms with Crippen molar-refractivity contribution < 1.29 is 23.1 Å². The van der Waals surface area contributed by atoms with E-state index in [9.17, 15) is 9.50 Å². The second-order valence-corrected chi connectivity index (χ2v) is 9.03. The van der Waals surface area contributed by atoms with Gasteiger partial charge in [0.15, 0.2) is 5.76 Å². The summed E-state index contributed by atoms with van der Waals surface area (Å²) in [5.74, 6) is 1.81. The van der Waals surface area contributed by atoms with Crippen LogP contribution in [0.2, 0.25) is 5.02 Å². The third-order valence-electron chi connectivity index (χ3n) is 6.16. The maximum atomic E-state index is 13.4. The fraction of sp³-hybridized carbons (Fsp3) is 0.360. The summed E-state index contributed by atoms with van der Waals surface area (Å²) < 4.78 is 30.6. The van der Waals surface area contributed by atoms with Gasteiger partial charge in [0.2, 0.25) is 5.89 Å². The number of fused-ring (bicyclic) bond motifs is 1. The van der Waals surface area contributed by atoms with Crippen molar-refractivity contribution in [2.24, 2.45) is 0 Å². The predicted molar refractivity (Wildman–Crippen MR) is 126 cm³/mol. The zero-order valence-electron chi connectivity index (χ0n) is 18.7. The first kappa shape index (κ1) is 22.8. The van der Waals surface area contributed by atoms with E-state index in [0.29, 0.717) is 41.3 Å². The van der Waals surface area contributed by atoms with Crippen LogP contribution in [0.1, 0.15) is 30.2 Å². The molecule has 2 aromatic heterocycles. The highest BCUT2D eigenvalue weighted by atomic mass is 35.5. The Morgan fingerprint density at radius 1 is 1.18 bits per heavy atom. The monoisotopic (exact) mass is 485 g/mol. The molecule has 2 aromatic carbocycles. The summed E-state index contributed by atoms with van der Waals surface area (Å²) in [6.45, 7) is 4.09. The molecule has 0 radical (unpaired) electrons. The maximum absolute atomic E-state index is 13.4. The van der Waals surface area contributed by atoms with Crippen LogP contribution < -0.4 is 4.74 Å². The second kappa shape index (κ2) is 9.74. The van der Waals surface area contributed by atoms with Gasteiger partial charge in [-0.1, -0.05) is 23.7 Å². The lowest BCUT2D eigenvalue weighted by molar-refractivity contribution is 0.0599. The largest absolute Gasteiger partial charge is 0.490 e. The highest BCUT2D eigenvalue weighted by Crippen LogP contribution is 2.33. The van der Waals surface area contributed by atoms with Gasteiger partial charge in [0.25, 0.3) is 5.89 Å². The van der Waals surface area contributed by atoms with Gasteiger partial charge in [-0.3, -0.25) is 0 Å². The van der Waals surface area contributed by atoms with E-state index in [-0.39, 0.29) is 11.6 Å². The molecule has 1 N–H and O–H groups in total. The Labute approximate surface area is 201 Å². The van der Waals surface area contributed by atoms with Crippen molar-refractivity contribution in [1.29, 1.82) is 0 Å². The van der Waals surface area contributed by atoms with Crippen LogP contribution in [0.5, 0.6) is 5.75 Å². The van der Waals surface area contributed by atoms with Crippen molar-refractivity contribution in [2.45, 2.75) is 31.8 Å². The van der Waals surface area contributed by atoms with Gasteiger partial charge in [-0.05, 0) is 61.7 Å². The van der Waals surface area contributed by atoms with Gasteiger partial charge in [-0.15, -0.1) is 10.2 Å². The van der Waals surface area contributed by atoms with Crippen molar-refractivity contribution >= 4 is 22.6 Å². The topological polar surface area (TPSA) is 84.8 Å². The van der Waals surface area contributed by atoms with Gasteiger partial charge in [-0.25, -0.2) is 4.39 Å². The van der Waals surface area contributed by atoms with Gasteiger partial charge >= 0.3 is 0 Å². The van der Waals surface area contributed by atoms with Crippen molar-refractivity contribution in [2.75, 3.05) is 26.2 Å². The molecule has 0 saturated carbocycles. The average molecular weight is 486 g/mol. The minimum atomic E-state index is -0.642. The lowest BCUT2D eigenvalue weighted by atomic mass is 9.89. The Morgan fingerprint density at radius 2 is 2.00 bits per heavy atom. The zero-order chi connectivity index (χ0) is 23.7. The van der Waals surface area contributed by atoms with Crippen molar-refractivity contribution in [3.63, 3.8) is 0 Å². The van der Waals surface area contributed by atoms with E-state index in [0.717, 1.165) is 36.9 Å². The number of aliphatic hydroxyl groups excluding tert-OH is 1. The summed E-state index contributed by atoms with van der Waals surface area (Å²) in [4.78, 5) is 2.23. The first-order valence-corrected chi connectivity index (χ1v) is 11.7. The molecule has 5 rings (SSSR count). The highest BCUT2D eigenvalue weighted by Gasteiger charge is 2.23. The highest BCUT2D eigenvalue weighted by molar-refractivity contribution is 6.30. The molecule has 9 heteroatoms. The lowest BCUT2D eigenvalue weighted by Gasteiger charge is -2.33. The van der Waals surface area contributed by atoms with E-state index in [1.807, 2.05) is 24.3 Å². The van der Waals surface area contributed by atoms with E-state index >= 15 is 0 Å². The van der Waals surface area contributed by atoms with Crippen LogP contribution in [-0.4, -0.2) is 52.5 Å². The number of hydrogen-bond acceptors (Lipinski definition) is 7. The molecule has 1 aliphatic rings. The minimum absolute atomic E-state index is 0.160. The summed E-state index contributed by atoms with van der Waals surface area (Å²) in [5, 5.41) is 19.4. The summed E-state index contributed by atoms with van der Waals surface area (Å²) in [6.07, 6.45) is 1.22. The molecule has 34 heavy (non-hydrogen) atoms. The number of aryl methyl sites for hydroxylation is 1. The Kier molecular flexibility index (Phi) is 6.54. The van der Waals surface area contributed by atoms with Crippen LogP contribution in [0.15, 0.2) is 51.3 Å². The summed E-state index contributed by atoms with van der Waals surface area (Å²) in [7, 11) is 0. The molecule has 0 spiro atoms. The van der Waals surface area contributed by atoms with Crippen LogP contribution in [0.3, 0.4) is 0 Å².